The molecule has 0 saturated heterocycles. The van der Waals surface area contributed by atoms with Crippen molar-refractivity contribution >= 4 is 12.6 Å². The molecule has 1 aromatic rings. The minimum absolute atomic E-state index is 0.287. The molecule has 1 aromatic carbocycles. The van der Waals surface area contributed by atoms with E-state index in [0.717, 1.165) is 5.56 Å². The van der Waals surface area contributed by atoms with E-state index in [0.29, 0.717) is 5.30 Å². The van der Waals surface area contributed by atoms with E-state index < -0.39 is 7.28 Å². The Balaban J connectivity index is 3.14. The Morgan fingerprint density at radius 2 is 2.00 bits per heavy atom. The summed E-state index contributed by atoms with van der Waals surface area (Å²) >= 11 is 0. The van der Waals surface area contributed by atoms with Gasteiger partial charge in [-0.05, 0) is 0 Å². The van der Waals surface area contributed by atoms with Gasteiger partial charge in [0.2, 0.25) is 0 Å². The Kier molecular flexibility index (Phi) is 2.98. The fourth-order valence-electron chi connectivity index (χ4n) is 1.33. The molecule has 0 radical (unpaired) electrons. The van der Waals surface area contributed by atoms with Gasteiger partial charge in [0, 0.05) is 0 Å². The van der Waals surface area contributed by atoms with E-state index in [4.69, 9.17) is 4.52 Å². The maximum absolute atomic E-state index is 10.0. The van der Waals surface area contributed by atoms with Crippen LogP contribution in [0.3, 0.4) is 0 Å². The van der Waals surface area contributed by atoms with Gasteiger partial charge >= 0.3 is 83.8 Å². The quantitative estimate of drug-likeness (QED) is 0.754. The molecule has 0 aliphatic heterocycles. The normalized spacial score (nSPS) is 14.8. The second-order valence-corrected chi connectivity index (χ2v) is 7.08. The second kappa shape index (κ2) is 3.59. The summed E-state index contributed by atoms with van der Waals surface area (Å²) in [7, 11) is -4.08. The predicted molar refractivity (Wildman–Crippen MR) is 59.7 cm³/mol. The molecule has 0 bridgehead atoms. The number of hydrogen-bond donors (Lipinski definition) is 2. The van der Waals surface area contributed by atoms with Gasteiger partial charge < -0.3 is 0 Å². The summed E-state index contributed by atoms with van der Waals surface area (Å²) in [6.45, 7) is 5.30. The summed E-state index contributed by atoms with van der Waals surface area (Å²) < 4.78 is 5.10. The number of hydrogen-bond acceptors (Lipinski definition) is 3. The zero-order valence-electron chi connectivity index (χ0n) is 8.77. The molecule has 0 heterocycles. The average Bonchev–Trinajstić information content (AvgIpc) is 2.03. The number of aryl methyl sites for hydroxylation is 1. The van der Waals surface area contributed by atoms with Crippen molar-refractivity contribution in [1.82, 2.24) is 0 Å². The molecule has 4 heteroatoms. The van der Waals surface area contributed by atoms with Crippen molar-refractivity contribution in [3.8, 4) is 0 Å². The van der Waals surface area contributed by atoms with Crippen LogP contribution in [0.4, 0.5) is 0 Å². The molecule has 0 spiro atoms. The average molecular weight is 216 g/mol. The van der Waals surface area contributed by atoms with Crippen molar-refractivity contribution in [2.24, 2.45) is 0 Å². The van der Waals surface area contributed by atoms with Crippen LogP contribution in [0.25, 0.3) is 0 Å². The summed E-state index contributed by atoms with van der Waals surface area (Å²) in [5.41, 5.74) is 0.987. The molecule has 0 aliphatic rings. The Hall–Kier alpha value is -0.470. The first-order valence-corrected chi connectivity index (χ1v) is 7.08. The monoisotopic (exact) mass is 216 g/mol. The van der Waals surface area contributed by atoms with Gasteiger partial charge in [0.15, 0.2) is 0 Å². The van der Waals surface area contributed by atoms with Crippen molar-refractivity contribution < 1.29 is 14.3 Å². The molecule has 0 unspecified atom stereocenters. The number of benzene rings is 1. The van der Waals surface area contributed by atoms with E-state index >= 15 is 0 Å². The Morgan fingerprint density at radius 3 is 2.50 bits per heavy atom. The van der Waals surface area contributed by atoms with Crippen LogP contribution < -0.4 is 5.30 Å². The molecular formula is C10H17O3P. The van der Waals surface area contributed by atoms with E-state index in [1.165, 1.54) is 6.66 Å². The Morgan fingerprint density at radius 1 is 1.36 bits per heavy atom. The van der Waals surface area contributed by atoms with Crippen molar-refractivity contribution in [2.75, 3.05) is 13.3 Å². The van der Waals surface area contributed by atoms with Gasteiger partial charge in [-0.25, -0.2) is 0 Å². The molecule has 0 saturated carbocycles. The van der Waals surface area contributed by atoms with E-state index in [-0.39, 0.29) is 6.61 Å². The van der Waals surface area contributed by atoms with Gasteiger partial charge in [-0.3, -0.25) is 0 Å². The second-order valence-electron chi connectivity index (χ2n) is 3.61. The molecule has 1 rings (SSSR count). The summed E-state index contributed by atoms with van der Waals surface area (Å²) in [5.74, 6) is 0. The third-order valence-electron chi connectivity index (χ3n) is 2.03. The molecule has 0 aliphatic carbocycles. The first-order chi connectivity index (χ1) is 6.33. The van der Waals surface area contributed by atoms with Crippen molar-refractivity contribution in [2.45, 2.75) is 13.8 Å². The molecule has 80 valence electrons. The third-order valence-corrected chi connectivity index (χ3v) is 4.38. The summed E-state index contributed by atoms with van der Waals surface area (Å²) in [5, 5.41) is 0.470. The molecule has 14 heavy (non-hydrogen) atoms. The fraction of sp³-hybridized carbons (Fsp3) is 0.400. The Bertz CT molecular complexity index is 328. The molecule has 2 N–H and O–H groups in total. The molecule has 3 nitrogen and oxygen atoms in total. The minimum atomic E-state index is -4.08. The van der Waals surface area contributed by atoms with E-state index in [1.54, 1.807) is 25.1 Å². The molecule has 0 amide bonds. The van der Waals surface area contributed by atoms with Gasteiger partial charge in [-0.2, -0.15) is 0 Å². The fourth-order valence-corrected chi connectivity index (χ4v) is 3.03. The maximum atomic E-state index is 10.0. The summed E-state index contributed by atoms with van der Waals surface area (Å²) in [4.78, 5) is 20.1. The van der Waals surface area contributed by atoms with Crippen LogP contribution in [0, 0.1) is 6.92 Å². The predicted octanol–water partition coefficient (Wildman–Crippen LogP) is 1.57. The van der Waals surface area contributed by atoms with Gasteiger partial charge in [0.1, 0.15) is 0 Å². The van der Waals surface area contributed by atoms with Gasteiger partial charge in [-0.15, -0.1) is 0 Å². The van der Waals surface area contributed by atoms with E-state index in [9.17, 15) is 9.79 Å². The molecule has 0 fully saturated rings. The SMILES string of the molecule is CCOP(C)(O)(O)c1cccc(C)c1. The number of rotatable bonds is 3. The third kappa shape index (κ3) is 2.52. The van der Waals surface area contributed by atoms with Crippen LogP contribution in [-0.4, -0.2) is 23.1 Å². The summed E-state index contributed by atoms with van der Waals surface area (Å²) in [6, 6.07) is 7.12. The van der Waals surface area contributed by atoms with Crippen molar-refractivity contribution in [3.05, 3.63) is 29.8 Å². The zero-order chi connectivity index (χ0) is 10.8. The van der Waals surface area contributed by atoms with Crippen LogP contribution in [0.2, 0.25) is 0 Å². The zero-order valence-corrected chi connectivity index (χ0v) is 9.66. The first kappa shape index (κ1) is 11.6. The van der Waals surface area contributed by atoms with E-state index in [1.807, 2.05) is 13.0 Å². The molecular weight excluding hydrogens is 199 g/mol. The van der Waals surface area contributed by atoms with Crippen LogP contribution in [0.15, 0.2) is 24.3 Å². The standard InChI is InChI=1S/C10H17O3P/c1-4-13-14(3,11,12)10-7-5-6-9(2)8-10/h5-8,11-12H,4H2,1-3H3. The topological polar surface area (TPSA) is 49.7 Å². The molecule has 0 aromatic heterocycles. The van der Waals surface area contributed by atoms with Gasteiger partial charge in [0.25, 0.3) is 0 Å². The first-order valence-electron chi connectivity index (χ1n) is 4.57. The van der Waals surface area contributed by atoms with Crippen LogP contribution in [0.5, 0.6) is 0 Å². The summed E-state index contributed by atoms with van der Waals surface area (Å²) in [6.07, 6.45) is 0. The van der Waals surface area contributed by atoms with Crippen LogP contribution >= 0.6 is 7.28 Å². The van der Waals surface area contributed by atoms with Crippen LogP contribution in [0.1, 0.15) is 12.5 Å². The van der Waals surface area contributed by atoms with Crippen molar-refractivity contribution in [3.63, 3.8) is 0 Å². The van der Waals surface area contributed by atoms with Crippen molar-refractivity contribution in [1.29, 1.82) is 0 Å². The Labute approximate surface area is 84.5 Å². The van der Waals surface area contributed by atoms with E-state index in [2.05, 4.69) is 0 Å². The van der Waals surface area contributed by atoms with Gasteiger partial charge in [-0.1, -0.05) is 0 Å². The van der Waals surface area contributed by atoms with Gasteiger partial charge in [0.05, 0.1) is 0 Å². The van der Waals surface area contributed by atoms with Crippen LogP contribution in [-0.2, 0) is 4.52 Å². The molecule has 0 atom stereocenters.